The van der Waals surface area contributed by atoms with Gasteiger partial charge >= 0.3 is 0 Å². The van der Waals surface area contributed by atoms with Crippen LogP contribution in [0.3, 0.4) is 0 Å². The normalized spacial score (nSPS) is 17.6. The van der Waals surface area contributed by atoms with Crippen molar-refractivity contribution in [2.24, 2.45) is 7.05 Å². The Bertz CT molecular complexity index is 2360. The number of ether oxygens (including phenoxy) is 2. The fraction of sp³-hybridized carbons (Fsp3) is 0.256. The number of aromatic nitrogens is 4. The van der Waals surface area contributed by atoms with Crippen molar-refractivity contribution in [2.45, 2.75) is 67.5 Å². The lowest BCUT2D eigenvalue weighted by Gasteiger charge is -2.36. The number of carbonyl (C=O) groups excluding carboxylic acids is 1. The van der Waals surface area contributed by atoms with Gasteiger partial charge in [-0.05, 0) is 75.4 Å². The average molecular weight is 805 g/mol. The number of benzene rings is 5. The number of thioether (sulfide) groups is 1. The second-order valence-corrected chi connectivity index (χ2v) is 16.7. The van der Waals surface area contributed by atoms with Crippen LogP contribution in [-0.2, 0) is 50.9 Å². The van der Waals surface area contributed by atoms with Gasteiger partial charge in [-0.15, -0.1) is 5.10 Å². The summed E-state index contributed by atoms with van der Waals surface area (Å²) >= 11 is 1.53. The lowest BCUT2D eigenvalue weighted by atomic mass is 9.99. The molecule has 294 valence electrons. The predicted molar refractivity (Wildman–Crippen MR) is 217 cm³/mol. The Kier molecular flexibility index (Phi) is 12.9. The number of sulfonamides is 1. The SMILES string of the molecule is Cc1ccc(S(=O)(=O)NC(Cc2ccccc2)C(=O)NCc2cccc(-c3ccc(C4OC(CSc5nnnn5C)CC(c5ccc(CO)cc5)O4)cc3)c2)cc1. The number of aliphatic hydroxyl groups excluding tert-OH is 1. The number of carbonyl (C=O) groups is 1. The van der Waals surface area contributed by atoms with Crippen LogP contribution in [0.25, 0.3) is 11.1 Å². The maximum Gasteiger partial charge on any atom is 0.241 e. The lowest BCUT2D eigenvalue weighted by molar-refractivity contribution is -0.245. The van der Waals surface area contributed by atoms with Gasteiger partial charge in [0.15, 0.2) is 6.29 Å². The van der Waals surface area contributed by atoms with Gasteiger partial charge in [0.1, 0.15) is 6.04 Å². The molecule has 0 saturated carbocycles. The highest BCUT2D eigenvalue weighted by Crippen LogP contribution is 2.39. The van der Waals surface area contributed by atoms with Crippen LogP contribution in [0.2, 0.25) is 0 Å². The zero-order valence-corrected chi connectivity index (χ0v) is 33.2. The molecule has 14 heteroatoms. The smallest absolute Gasteiger partial charge is 0.241 e. The second-order valence-electron chi connectivity index (χ2n) is 14.0. The number of tetrazole rings is 1. The van der Waals surface area contributed by atoms with Gasteiger partial charge in [0.25, 0.3) is 0 Å². The molecule has 1 saturated heterocycles. The Labute approximate surface area is 336 Å². The number of rotatable bonds is 15. The standard InChI is InChI=1S/C43H44N6O6S2/c1-29-11-21-38(22-12-29)57(52,53)46-39(24-30-7-4-3-5-8-30)41(51)44-26-32-9-6-10-36(23-32)33-17-19-35(20-18-33)42-54-37(28-56-43-45-47-48-49(43)2)25-40(55-42)34-15-13-31(27-50)14-16-34/h3-23,37,39-40,42,46,50H,24-28H2,1-2H3,(H,44,51). The molecular formula is C43H44N6O6S2. The van der Waals surface area contributed by atoms with E-state index < -0.39 is 28.3 Å². The number of amides is 1. The summed E-state index contributed by atoms with van der Waals surface area (Å²) in [6.45, 7) is 2.06. The van der Waals surface area contributed by atoms with E-state index in [0.717, 1.165) is 44.5 Å². The van der Waals surface area contributed by atoms with Crippen molar-refractivity contribution in [1.29, 1.82) is 0 Å². The third-order valence-electron chi connectivity index (χ3n) is 9.73. The van der Waals surface area contributed by atoms with Crippen LogP contribution < -0.4 is 10.0 Å². The Balaban J connectivity index is 1.03. The van der Waals surface area contributed by atoms with E-state index in [1.807, 2.05) is 110 Å². The molecule has 1 aliphatic heterocycles. The van der Waals surface area contributed by atoms with Crippen molar-refractivity contribution < 1.29 is 27.8 Å². The molecule has 12 nitrogen and oxygen atoms in total. The summed E-state index contributed by atoms with van der Waals surface area (Å²) < 4.78 is 44.0. The first-order valence-corrected chi connectivity index (χ1v) is 21.1. The van der Waals surface area contributed by atoms with Crippen LogP contribution in [0.1, 0.15) is 52.2 Å². The Morgan fingerprint density at radius 3 is 2.28 bits per heavy atom. The van der Waals surface area contributed by atoms with Gasteiger partial charge in [-0.25, -0.2) is 13.1 Å². The summed E-state index contributed by atoms with van der Waals surface area (Å²) in [4.78, 5) is 13.7. The first-order chi connectivity index (χ1) is 27.6. The van der Waals surface area contributed by atoms with Crippen LogP contribution in [0.4, 0.5) is 0 Å². The third kappa shape index (κ3) is 10.4. The molecule has 1 aliphatic rings. The molecule has 2 heterocycles. The molecule has 0 spiro atoms. The maximum absolute atomic E-state index is 13.6. The summed E-state index contributed by atoms with van der Waals surface area (Å²) in [6.07, 6.45) is -0.164. The van der Waals surface area contributed by atoms with Gasteiger partial charge in [-0.1, -0.05) is 127 Å². The third-order valence-corrected chi connectivity index (χ3v) is 12.4. The van der Waals surface area contributed by atoms with Gasteiger partial charge in [-0.2, -0.15) is 4.72 Å². The van der Waals surface area contributed by atoms with Gasteiger partial charge in [0, 0.05) is 31.3 Å². The average Bonchev–Trinajstić information content (AvgIpc) is 3.66. The molecule has 7 rings (SSSR count). The summed E-state index contributed by atoms with van der Waals surface area (Å²) in [6, 6.07) is 38.5. The second kappa shape index (κ2) is 18.4. The monoisotopic (exact) mass is 804 g/mol. The lowest BCUT2D eigenvalue weighted by Crippen LogP contribution is -2.47. The summed E-state index contributed by atoms with van der Waals surface area (Å²) in [5.41, 5.74) is 7.25. The number of aryl methyl sites for hydroxylation is 2. The van der Waals surface area contributed by atoms with Crippen LogP contribution in [0.15, 0.2) is 137 Å². The number of nitrogens with one attached hydrogen (secondary N) is 2. The van der Waals surface area contributed by atoms with E-state index in [4.69, 9.17) is 9.47 Å². The van der Waals surface area contributed by atoms with Crippen LogP contribution in [0.5, 0.6) is 0 Å². The van der Waals surface area contributed by atoms with E-state index in [9.17, 15) is 18.3 Å². The predicted octanol–water partition coefficient (Wildman–Crippen LogP) is 6.22. The van der Waals surface area contributed by atoms with Gasteiger partial charge < -0.3 is 19.9 Å². The number of hydrogen-bond acceptors (Lipinski definition) is 10. The van der Waals surface area contributed by atoms with Crippen LogP contribution in [0, 0.1) is 6.92 Å². The Hall–Kier alpha value is -5.22. The van der Waals surface area contributed by atoms with Crippen molar-refractivity contribution in [1.82, 2.24) is 30.2 Å². The molecule has 1 fully saturated rings. The summed E-state index contributed by atoms with van der Waals surface area (Å²) in [7, 11) is -2.16. The van der Waals surface area contributed by atoms with Crippen molar-refractivity contribution in [3.8, 4) is 11.1 Å². The molecule has 5 aromatic carbocycles. The summed E-state index contributed by atoms with van der Waals surface area (Å²) in [5.74, 6) is 0.205. The number of aliphatic hydroxyl groups is 1. The minimum atomic E-state index is -3.96. The van der Waals surface area contributed by atoms with Gasteiger partial charge in [-0.3, -0.25) is 4.79 Å². The minimum absolute atomic E-state index is 0.0272. The van der Waals surface area contributed by atoms with Gasteiger partial charge in [0.05, 0.1) is 23.7 Å². The van der Waals surface area contributed by atoms with E-state index in [2.05, 4.69) is 25.6 Å². The van der Waals surface area contributed by atoms with Crippen molar-refractivity contribution in [2.75, 3.05) is 5.75 Å². The molecule has 57 heavy (non-hydrogen) atoms. The topological polar surface area (TPSA) is 158 Å². The van der Waals surface area contributed by atoms with E-state index in [1.54, 1.807) is 23.9 Å². The molecule has 0 aliphatic carbocycles. The highest BCUT2D eigenvalue weighted by atomic mass is 32.2. The van der Waals surface area contributed by atoms with Crippen LogP contribution >= 0.6 is 11.8 Å². The zero-order valence-electron chi connectivity index (χ0n) is 31.6. The van der Waals surface area contributed by atoms with Gasteiger partial charge in [0.2, 0.25) is 21.1 Å². The van der Waals surface area contributed by atoms with E-state index in [-0.39, 0.29) is 36.7 Å². The number of hydrogen-bond donors (Lipinski definition) is 3. The highest BCUT2D eigenvalue weighted by Gasteiger charge is 2.33. The van der Waals surface area contributed by atoms with Crippen molar-refractivity contribution in [3.63, 3.8) is 0 Å². The molecule has 4 unspecified atom stereocenters. The molecule has 1 aromatic heterocycles. The molecular weight excluding hydrogens is 761 g/mol. The largest absolute Gasteiger partial charge is 0.392 e. The van der Waals surface area contributed by atoms with Crippen molar-refractivity contribution >= 4 is 27.7 Å². The molecule has 0 radical (unpaired) electrons. The first-order valence-electron chi connectivity index (χ1n) is 18.6. The minimum Gasteiger partial charge on any atom is -0.392 e. The van der Waals surface area contributed by atoms with E-state index in [1.165, 1.54) is 23.9 Å². The molecule has 3 N–H and O–H groups in total. The zero-order chi connectivity index (χ0) is 39.8. The fourth-order valence-electron chi connectivity index (χ4n) is 6.55. The maximum atomic E-state index is 13.6. The molecule has 6 aromatic rings. The first kappa shape index (κ1) is 40.0. The molecule has 0 bridgehead atoms. The highest BCUT2D eigenvalue weighted by molar-refractivity contribution is 7.99. The Morgan fingerprint density at radius 2 is 1.58 bits per heavy atom. The summed E-state index contributed by atoms with van der Waals surface area (Å²) in [5, 5.41) is 25.0. The number of nitrogens with zero attached hydrogens (tertiary/aromatic N) is 4. The van der Waals surface area contributed by atoms with Crippen molar-refractivity contribution in [3.05, 3.63) is 161 Å². The Morgan fingerprint density at radius 1 is 0.860 bits per heavy atom. The quantitative estimate of drug-likeness (QED) is 0.102. The van der Waals surface area contributed by atoms with E-state index in [0.29, 0.717) is 17.3 Å². The van der Waals surface area contributed by atoms with Crippen LogP contribution in [-0.4, -0.2) is 57.5 Å². The van der Waals surface area contributed by atoms with E-state index >= 15 is 0 Å². The fourth-order valence-corrected chi connectivity index (χ4v) is 8.61. The molecule has 4 atom stereocenters. The molecule has 1 amide bonds.